The quantitative estimate of drug-likeness (QED) is 0.876. The van der Waals surface area contributed by atoms with Crippen molar-refractivity contribution in [2.45, 2.75) is 58.5 Å². The van der Waals surface area contributed by atoms with Crippen molar-refractivity contribution in [2.75, 3.05) is 18.0 Å². The molecule has 1 heterocycles. The third-order valence-corrected chi connectivity index (χ3v) is 4.08. The Morgan fingerprint density at radius 3 is 2.30 bits per heavy atom. The molecule has 112 valence electrons. The maximum atomic E-state index is 6.50. The van der Waals surface area contributed by atoms with Crippen LogP contribution < -0.4 is 10.2 Å². The van der Waals surface area contributed by atoms with Crippen molar-refractivity contribution in [3.05, 3.63) is 28.8 Å². The van der Waals surface area contributed by atoms with E-state index in [1.807, 2.05) is 0 Å². The van der Waals surface area contributed by atoms with Crippen molar-refractivity contribution in [3.63, 3.8) is 0 Å². The van der Waals surface area contributed by atoms with E-state index in [1.54, 1.807) is 0 Å². The van der Waals surface area contributed by atoms with Crippen molar-refractivity contribution in [1.82, 2.24) is 5.32 Å². The number of nitrogens with one attached hydrogen (secondary N) is 1. The van der Waals surface area contributed by atoms with Gasteiger partial charge >= 0.3 is 0 Å². The monoisotopic (exact) mass is 294 g/mol. The van der Waals surface area contributed by atoms with E-state index >= 15 is 0 Å². The van der Waals surface area contributed by atoms with Gasteiger partial charge in [0.15, 0.2) is 0 Å². The Morgan fingerprint density at radius 1 is 1.10 bits per heavy atom. The summed E-state index contributed by atoms with van der Waals surface area (Å²) in [5.74, 6) is 0. The van der Waals surface area contributed by atoms with Crippen LogP contribution in [0.4, 0.5) is 5.69 Å². The molecule has 0 aromatic heterocycles. The third-order valence-electron chi connectivity index (χ3n) is 3.78. The summed E-state index contributed by atoms with van der Waals surface area (Å²) in [6, 6.07) is 6.50. The van der Waals surface area contributed by atoms with Crippen molar-refractivity contribution in [3.8, 4) is 0 Å². The normalized spacial score (nSPS) is 17.1. The molecule has 0 atom stereocenters. The van der Waals surface area contributed by atoms with Crippen molar-refractivity contribution >= 4 is 17.3 Å². The van der Waals surface area contributed by atoms with E-state index < -0.39 is 0 Å². The van der Waals surface area contributed by atoms with Gasteiger partial charge in [0.1, 0.15) is 0 Å². The molecule has 0 radical (unpaired) electrons. The predicted octanol–water partition coefficient (Wildman–Crippen LogP) is 4.61. The van der Waals surface area contributed by atoms with Crippen molar-refractivity contribution < 1.29 is 0 Å². The first-order valence-corrected chi connectivity index (χ1v) is 8.12. The SMILES string of the molecule is CC(C)(C)NCc1ccc(N2CCCCCC2)c(Cl)c1. The molecule has 0 bridgehead atoms. The number of hydrogen-bond acceptors (Lipinski definition) is 2. The Balaban J connectivity index is 2.05. The average molecular weight is 295 g/mol. The van der Waals surface area contributed by atoms with Crippen LogP contribution >= 0.6 is 11.6 Å². The maximum absolute atomic E-state index is 6.50. The van der Waals surface area contributed by atoms with Gasteiger partial charge in [0.25, 0.3) is 0 Å². The number of nitrogens with zero attached hydrogens (tertiary/aromatic N) is 1. The molecule has 2 nitrogen and oxygen atoms in total. The molecule has 1 N–H and O–H groups in total. The number of benzene rings is 1. The van der Waals surface area contributed by atoms with Crippen LogP contribution in [-0.2, 0) is 6.54 Å². The van der Waals surface area contributed by atoms with Gasteiger partial charge in [-0.3, -0.25) is 0 Å². The lowest BCUT2D eigenvalue weighted by molar-refractivity contribution is 0.424. The number of anilines is 1. The Bertz CT molecular complexity index is 429. The van der Waals surface area contributed by atoms with Gasteiger partial charge in [-0.1, -0.05) is 30.5 Å². The molecule has 1 fully saturated rings. The third kappa shape index (κ3) is 4.68. The van der Waals surface area contributed by atoms with Gasteiger partial charge in [0.2, 0.25) is 0 Å². The van der Waals surface area contributed by atoms with E-state index in [4.69, 9.17) is 11.6 Å². The second-order valence-corrected chi connectivity index (χ2v) is 7.20. The van der Waals surface area contributed by atoms with Crippen LogP contribution in [0.3, 0.4) is 0 Å². The van der Waals surface area contributed by atoms with Crippen molar-refractivity contribution in [2.24, 2.45) is 0 Å². The van der Waals surface area contributed by atoms with E-state index in [2.05, 4.69) is 49.2 Å². The first kappa shape index (κ1) is 15.7. The van der Waals surface area contributed by atoms with Gasteiger partial charge in [-0.25, -0.2) is 0 Å². The Hall–Kier alpha value is -0.730. The molecule has 0 unspecified atom stereocenters. The highest BCUT2D eigenvalue weighted by atomic mass is 35.5. The molecule has 1 aromatic carbocycles. The summed E-state index contributed by atoms with van der Waals surface area (Å²) in [4.78, 5) is 2.44. The van der Waals surface area contributed by atoms with Gasteiger partial charge in [0, 0.05) is 25.2 Å². The van der Waals surface area contributed by atoms with Crippen LogP contribution in [0.5, 0.6) is 0 Å². The number of halogens is 1. The van der Waals surface area contributed by atoms with Gasteiger partial charge in [0.05, 0.1) is 10.7 Å². The van der Waals surface area contributed by atoms with Crippen LogP contribution in [-0.4, -0.2) is 18.6 Å². The van der Waals surface area contributed by atoms with E-state index in [9.17, 15) is 0 Å². The molecular formula is C17H27ClN2. The zero-order valence-corrected chi connectivity index (χ0v) is 13.8. The van der Waals surface area contributed by atoms with Crippen molar-refractivity contribution in [1.29, 1.82) is 0 Å². The molecule has 0 spiro atoms. The number of hydrogen-bond donors (Lipinski definition) is 1. The highest BCUT2D eigenvalue weighted by Gasteiger charge is 2.14. The highest BCUT2D eigenvalue weighted by molar-refractivity contribution is 6.33. The minimum absolute atomic E-state index is 0.135. The average Bonchev–Trinajstić information content (AvgIpc) is 2.64. The molecule has 1 aliphatic rings. The Morgan fingerprint density at radius 2 is 1.75 bits per heavy atom. The van der Waals surface area contributed by atoms with Crippen LogP contribution in [0.2, 0.25) is 5.02 Å². The van der Waals surface area contributed by atoms with Crippen LogP contribution in [0, 0.1) is 0 Å². The molecule has 0 aliphatic carbocycles. The summed E-state index contributed by atoms with van der Waals surface area (Å²) in [5, 5.41) is 4.39. The molecule has 1 saturated heterocycles. The molecular weight excluding hydrogens is 268 g/mol. The minimum atomic E-state index is 0.135. The standard InChI is InChI=1S/C17H27ClN2/c1-17(2,3)19-13-14-8-9-16(15(18)12-14)20-10-6-4-5-7-11-20/h8-9,12,19H,4-7,10-11,13H2,1-3H3. The van der Waals surface area contributed by atoms with Gasteiger partial charge in [-0.2, -0.15) is 0 Å². The molecule has 3 heteroatoms. The summed E-state index contributed by atoms with van der Waals surface area (Å²) in [6.45, 7) is 9.68. The fraction of sp³-hybridized carbons (Fsp3) is 0.647. The van der Waals surface area contributed by atoms with E-state index in [1.165, 1.54) is 36.9 Å². The lowest BCUT2D eigenvalue weighted by atomic mass is 10.1. The minimum Gasteiger partial charge on any atom is -0.370 e. The van der Waals surface area contributed by atoms with Gasteiger partial charge < -0.3 is 10.2 Å². The number of rotatable bonds is 3. The van der Waals surface area contributed by atoms with Gasteiger partial charge in [-0.05, 0) is 51.3 Å². The Labute approximate surface area is 128 Å². The Kier molecular flexibility index (Phi) is 5.34. The van der Waals surface area contributed by atoms with E-state index in [-0.39, 0.29) is 5.54 Å². The van der Waals surface area contributed by atoms with Crippen LogP contribution in [0.25, 0.3) is 0 Å². The summed E-state index contributed by atoms with van der Waals surface area (Å²) >= 11 is 6.50. The van der Waals surface area contributed by atoms with E-state index in [0.29, 0.717) is 0 Å². The second-order valence-electron chi connectivity index (χ2n) is 6.79. The summed E-state index contributed by atoms with van der Waals surface area (Å²) in [7, 11) is 0. The van der Waals surface area contributed by atoms with E-state index in [0.717, 1.165) is 24.7 Å². The van der Waals surface area contributed by atoms with Gasteiger partial charge in [-0.15, -0.1) is 0 Å². The molecule has 20 heavy (non-hydrogen) atoms. The summed E-state index contributed by atoms with van der Waals surface area (Å²) in [5.41, 5.74) is 2.59. The zero-order chi connectivity index (χ0) is 14.6. The lowest BCUT2D eigenvalue weighted by Gasteiger charge is -2.25. The fourth-order valence-corrected chi connectivity index (χ4v) is 2.92. The summed E-state index contributed by atoms with van der Waals surface area (Å²) < 4.78 is 0. The predicted molar refractivity (Wildman–Crippen MR) is 88.7 cm³/mol. The fourth-order valence-electron chi connectivity index (χ4n) is 2.60. The second kappa shape index (κ2) is 6.82. The summed E-state index contributed by atoms with van der Waals surface area (Å²) in [6.07, 6.45) is 5.26. The first-order valence-electron chi connectivity index (χ1n) is 7.74. The highest BCUT2D eigenvalue weighted by Crippen LogP contribution is 2.29. The largest absolute Gasteiger partial charge is 0.370 e. The smallest absolute Gasteiger partial charge is 0.0642 e. The lowest BCUT2D eigenvalue weighted by Crippen LogP contribution is -2.35. The molecule has 0 saturated carbocycles. The molecule has 0 amide bonds. The maximum Gasteiger partial charge on any atom is 0.0642 e. The molecule has 2 rings (SSSR count). The first-order chi connectivity index (χ1) is 9.46. The molecule has 1 aromatic rings. The zero-order valence-electron chi connectivity index (χ0n) is 13.0. The van der Waals surface area contributed by atoms with Crippen LogP contribution in [0.15, 0.2) is 18.2 Å². The molecule has 1 aliphatic heterocycles. The topological polar surface area (TPSA) is 15.3 Å². The van der Waals surface area contributed by atoms with Crippen LogP contribution in [0.1, 0.15) is 52.0 Å².